The summed E-state index contributed by atoms with van der Waals surface area (Å²) in [7, 11) is 1.32. The van der Waals surface area contributed by atoms with E-state index in [9.17, 15) is 19.7 Å². The maximum absolute atomic E-state index is 12.1. The lowest BCUT2D eigenvalue weighted by Crippen LogP contribution is -2.21. The van der Waals surface area contributed by atoms with Gasteiger partial charge in [0.05, 0.1) is 12.0 Å². The molecule has 0 aliphatic heterocycles. The highest BCUT2D eigenvalue weighted by Gasteiger charge is 2.19. The zero-order chi connectivity index (χ0) is 19.1. The molecule has 1 amide bonds. The molecule has 0 spiro atoms. The minimum absolute atomic E-state index is 0.121. The first kappa shape index (κ1) is 18.9. The summed E-state index contributed by atoms with van der Waals surface area (Å²) in [6, 6.07) is 10.8. The predicted molar refractivity (Wildman–Crippen MR) is 94.4 cm³/mol. The molecule has 0 bridgehead atoms. The van der Waals surface area contributed by atoms with Gasteiger partial charge in [-0.1, -0.05) is 19.1 Å². The van der Waals surface area contributed by atoms with E-state index in [1.807, 2.05) is 19.1 Å². The van der Waals surface area contributed by atoms with Crippen molar-refractivity contribution in [2.75, 3.05) is 19.0 Å². The van der Waals surface area contributed by atoms with Gasteiger partial charge in [-0.05, 0) is 30.2 Å². The first-order valence-electron chi connectivity index (χ1n) is 7.83. The Labute approximate surface area is 149 Å². The van der Waals surface area contributed by atoms with Gasteiger partial charge in [0.1, 0.15) is 11.3 Å². The van der Waals surface area contributed by atoms with Crippen molar-refractivity contribution in [2.45, 2.75) is 13.3 Å². The Morgan fingerprint density at radius 3 is 2.42 bits per heavy atom. The van der Waals surface area contributed by atoms with Gasteiger partial charge < -0.3 is 14.8 Å². The fraction of sp³-hybridized carbons (Fsp3) is 0.222. The minimum atomic E-state index is -0.887. The molecule has 0 aliphatic carbocycles. The van der Waals surface area contributed by atoms with Gasteiger partial charge in [0.2, 0.25) is 0 Å². The Balaban J connectivity index is 1.99. The smallest absolute Gasteiger partial charge is 0.342 e. The number of carbonyl (C=O) groups is 2. The molecule has 0 atom stereocenters. The Morgan fingerprint density at radius 1 is 1.15 bits per heavy atom. The second-order valence-electron chi connectivity index (χ2n) is 5.32. The van der Waals surface area contributed by atoms with Crippen molar-refractivity contribution >= 4 is 23.3 Å². The summed E-state index contributed by atoms with van der Waals surface area (Å²) < 4.78 is 9.93. The second-order valence-corrected chi connectivity index (χ2v) is 5.32. The van der Waals surface area contributed by atoms with Crippen LogP contribution in [-0.4, -0.2) is 30.5 Å². The second kappa shape index (κ2) is 8.61. The molecule has 0 radical (unpaired) electrons. The van der Waals surface area contributed by atoms with Gasteiger partial charge in [-0.2, -0.15) is 0 Å². The summed E-state index contributed by atoms with van der Waals surface area (Å²) in [5.41, 5.74) is 1.31. The van der Waals surface area contributed by atoms with Gasteiger partial charge in [-0.3, -0.25) is 14.9 Å². The largest absolute Gasteiger partial charge is 0.496 e. The summed E-state index contributed by atoms with van der Waals surface area (Å²) in [5, 5.41) is 13.4. The van der Waals surface area contributed by atoms with E-state index < -0.39 is 23.4 Å². The SMILES string of the molecule is CCc1ccc(NC(=O)COC(=O)c2cc([N+](=O)[O-])ccc2OC)cc1. The zero-order valence-corrected chi connectivity index (χ0v) is 14.4. The monoisotopic (exact) mass is 358 g/mol. The zero-order valence-electron chi connectivity index (χ0n) is 14.4. The summed E-state index contributed by atoms with van der Waals surface area (Å²) in [5.74, 6) is -1.29. The number of hydrogen-bond donors (Lipinski definition) is 1. The molecule has 0 aliphatic rings. The number of ether oxygens (including phenoxy) is 2. The highest BCUT2D eigenvalue weighted by Crippen LogP contribution is 2.24. The molecule has 2 rings (SSSR count). The minimum Gasteiger partial charge on any atom is -0.496 e. The van der Waals surface area contributed by atoms with Crippen molar-refractivity contribution in [3.8, 4) is 5.75 Å². The Kier molecular flexibility index (Phi) is 6.26. The molecule has 26 heavy (non-hydrogen) atoms. The highest BCUT2D eigenvalue weighted by molar-refractivity contribution is 5.97. The molecule has 0 saturated heterocycles. The van der Waals surface area contributed by atoms with Gasteiger partial charge in [-0.15, -0.1) is 0 Å². The van der Waals surface area contributed by atoms with Crippen molar-refractivity contribution in [1.82, 2.24) is 0 Å². The average molecular weight is 358 g/mol. The molecule has 8 heteroatoms. The number of methoxy groups -OCH3 is 1. The number of esters is 1. The summed E-state index contributed by atoms with van der Waals surface area (Å²) in [6.07, 6.45) is 0.886. The van der Waals surface area contributed by atoms with Crippen LogP contribution in [0.25, 0.3) is 0 Å². The third-order valence-corrected chi connectivity index (χ3v) is 3.59. The van der Waals surface area contributed by atoms with Crippen LogP contribution in [0.5, 0.6) is 5.75 Å². The van der Waals surface area contributed by atoms with Crippen molar-refractivity contribution in [3.05, 3.63) is 63.7 Å². The molecule has 1 N–H and O–H groups in total. The van der Waals surface area contributed by atoms with E-state index in [-0.39, 0.29) is 17.0 Å². The molecule has 0 aromatic heterocycles. The first-order valence-corrected chi connectivity index (χ1v) is 7.83. The standard InChI is InChI=1S/C18H18N2O6/c1-3-12-4-6-13(7-5-12)19-17(21)11-26-18(22)15-10-14(20(23)24)8-9-16(15)25-2/h4-10H,3,11H2,1-2H3,(H,19,21). The van der Waals surface area contributed by atoms with Crippen molar-refractivity contribution < 1.29 is 24.0 Å². The van der Waals surface area contributed by atoms with Crippen LogP contribution in [0.4, 0.5) is 11.4 Å². The Bertz CT molecular complexity index is 817. The van der Waals surface area contributed by atoms with E-state index in [0.29, 0.717) is 5.69 Å². The van der Waals surface area contributed by atoms with E-state index in [2.05, 4.69) is 5.32 Å². The average Bonchev–Trinajstić information content (AvgIpc) is 2.66. The summed E-state index contributed by atoms with van der Waals surface area (Å²) >= 11 is 0. The number of nitro benzene ring substituents is 1. The molecule has 136 valence electrons. The number of rotatable bonds is 7. The van der Waals surface area contributed by atoms with Gasteiger partial charge in [0, 0.05) is 17.8 Å². The third-order valence-electron chi connectivity index (χ3n) is 3.59. The van der Waals surface area contributed by atoms with E-state index in [1.54, 1.807) is 12.1 Å². The van der Waals surface area contributed by atoms with Crippen LogP contribution in [0.3, 0.4) is 0 Å². The molecular weight excluding hydrogens is 340 g/mol. The number of hydrogen-bond acceptors (Lipinski definition) is 6. The van der Waals surface area contributed by atoms with E-state index in [0.717, 1.165) is 18.1 Å². The Hall–Kier alpha value is -3.42. The molecular formula is C18H18N2O6. The summed E-state index contributed by atoms with van der Waals surface area (Å²) in [4.78, 5) is 34.2. The molecule has 0 heterocycles. The number of nitro groups is 1. The lowest BCUT2D eigenvalue weighted by molar-refractivity contribution is -0.384. The fourth-order valence-corrected chi connectivity index (χ4v) is 2.20. The van der Waals surface area contributed by atoms with E-state index in [1.165, 1.54) is 19.2 Å². The molecule has 8 nitrogen and oxygen atoms in total. The van der Waals surface area contributed by atoms with Crippen LogP contribution in [-0.2, 0) is 16.0 Å². The van der Waals surface area contributed by atoms with Crippen molar-refractivity contribution in [3.63, 3.8) is 0 Å². The number of benzene rings is 2. The normalized spacial score (nSPS) is 10.1. The number of nitrogens with zero attached hydrogens (tertiary/aromatic N) is 1. The van der Waals surface area contributed by atoms with Gasteiger partial charge in [0.15, 0.2) is 6.61 Å². The number of aryl methyl sites for hydroxylation is 1. The molecule has 0 fully saturated rings. The van der Waals surface area contributed by atoms with Crippen LogP contribution in [0, 0.1) is 10.1 Å². The van der Waals surface area contributed by atoms with Crippen LogP contribution in [0.1, 0.15) is 22.8 Å². The van der Waals surface area contributed by atoms with Crippen molar-refractivity contribution in [1.29, 1.82) is 0 Å². The van der Waals surface area contributed by atoms with Gasteiger partial charge in [0.25, 0.3) is 11.6 Å². The maximum Gasteiger partial charge on any atom is 0.342 e. The van der Waals surface area contributed by atoms with Crippen LogP contribution in [0.15, 0.2) is 42.5 Å². The number of nitrogens with one attached hydrogen (secondary N) is 1. The number of anilines is 1. The maximum atomic E-state index is 12.1. The lowest BCUT2D eigenvalue weighted by atomic mass is 10.1. The number of carbonyl (C=O) groups excluding carboxylic acids is 2. The predicted octanol–water partition coefficient (Wildman–Crippen LogP) is 2.96. The van der Waals surface area contributed by atoms with Crippen LogP contribution < -0.4 is 10.1 Å². The third kappa shape index (κ3) is 4.79. The van der Waals surface area contributed by atoms with E-state index >= 15 is 0 Å². The molecule has 0 saturated carbocycles. The fourth-order valence-electron chi connectivity index (χ4n) is 2.20. The number of non-ortho nitro benzene ring substituents is 1. The first-order chi connectivity index (χ1) is 12.4. The van der Waals surface area contributed by atoms with Crippen LogP contribution in [0.2, 0.25) is 0 Å². The highest BCUT2D eigenvalue weighted by atomic mass is 16.6. The molecule has 2 aromatic rings. The quantitative estimate of drug-likeness (QED) is 0.463. The lowest BCUT2D eigenvalue weighted by Gasteiger charge is -2.09. The molecule has 0 unspecified atom stereocenters. The summed E-state index contributed by atoms with van der Waals surface area (Å²) in [6.45, 7) is 1.50. The van der Waals surface area contributed by atoms with Crippen LogP contribution >= 0.6 is 0 Å². The van der Waals surface area contributed by atoms with Gasteiger partial charge in [-0.25, -0.2) is 4.79 Å². The number of amides is 1. The topological polar surface area (TPSA) is 108 Å². The van der Waals surface area contributed by atoms with Crippen molar-refractivity contribution in [2.24, 2.45) is 0 Å². The molecule has 2 aromatic carbocycles. The van der Waals surface area contributed by atoms with E-state index in [4.69, 9.17) is 9.47 Å². The Morgan fingerprint density at radius 2 is 1.85 bits per heavy atom. The van der Waals surface area contributed by atoms with Gasteiger partial charge >= 0.3 is 5.97 Å².